The summed E-state index contributed by atoms with van der Waals surface area (Å²) in [5.41, 5.74) is 3.15. The number of rotatable bonds is 4. The highest BCUT2D eigenvalue weighted by molar-refractivity contribution is 6.16. The van der Waals surface area contributed by atoms with Crippen LogP contribution in [0, 0.1) is 10.7 Å². The van der Waals surface area contributed by atoms with Crippen molar-refractivity contribution >= 4 is 22.5 Å². The highest BCUT2D eigenvalue weighted by Gasteiger charge is 2.16. The summed E-state index contributed by atoms with van der Waals surface area (Å²) in [7, 11) is 0. The number of aromatic nitrogens is 2. The Kier molecular flexibility index (Phi) is 3.85. The van der Waals surface area contributed by atoms with Gasteiger partial charge in [-0.05, 0) is 41.1 Å². The standard InChI is InChI=1S/C20H12FN3O2/c21-15-6-4-12(5-7-15)14-9-17-18(11-23-20(17)22-10-14)19(25)13-2-1-3-16(8-13)24-26/h1-11H,(H,22,23). The zero-order chi connectivity index (χ0) is 18.1. The molecule has 4 aromatic rings. The third kappa shape index (κ3) is 2.77. The lowest BCUT2D eigenvalue weighted by molar-refractivity contribution is 0.104. The molecular weight excluding hydrogens is 333 g/mol. The predicted octanol–water partition coefficient (Wildman–Crippen LogP) is 5.00. The number of carbonyl (C=O) groups excluding carboxylic acids is 1. The number of fused-ring (bicyclic) bond motifs is 1. The maximum atomic E-state index is 13.1. The van der Waals surface area contributed by atoms with E-state index in [9.17, 15) is 14.1 Å². The van der Waals surface area contributed by atoms with E-state index in [-0.39, 0.29) is 17.3 Å². The molecule has 2 heterocycles. The fraction of sp³-hybridized carbons (Fsp3) is 0. The van der Waals surface area contributed by atoms with Gasteiger partial charge >= 0.3 is 0 Å². The van der Waals surface area contributed by atoms with Gasteiger partial charge in [0.05, 0.1) is 0 Å². The van der Waals surface area contributed by atoms with Crippen LogP contribution in [0.25, 0.3) is 22.2 Å². The molecule has 2 aromatic carbocycles. The molecule has 0 aliphatic rings. The lowest BCUT2D eigenvalue weighted by Crippen LogP contribution is -2.00. The van der Waals surface area contributed by atoms with Gasteiger partial charge in [0.2, 0.25) is 0 Å². The monoisotopic (exact) mass is 345 g/mol. The largest absolute Gasteiger partial charge is 0.345 e. The summed E-state index contributed by atoms with van der Waals surface area (Å²) in [6.45, 7) is 0. The molecule has 0 saturated carbocycles. The fourth-order valence-corrected chi connectivity index (χ4v) is 2.85. The van der Waals surface area contributed by atoms with Gasteiger partial charge in [0.15, 0.2) is 5.78 Å². The van der Waals surface area contributed by atoms with Gasteiger partial charge in [-0.25, -0.2) is 9.37 Å². The lowest BCUT2D eigenvalue weighted by atomic mass is 10.0. The molecular formula is C20H12FN3O2. The molecule has 6 heteroatoms. The molecule has 0 aliphatic carbocycles. The molecule has 0 unspecified atom stereocenters. The molecule has 0 saturated heterocycles. The van der Waals surface area contributed by atoms with E-state index < -0.39 is 0 Å². The van der Waals surface area contributed by atoms with Gasteiger partial charge in [0.25, 0.3) is 0 Å². The summed E-state index contributed by atoms with van der Waals surface area (Å²) in [6, 6.07) is 14.1. The fourth-order valence-electron chi connectivity index (χ4n) is 2.85. The summed E-state index contributed by atoms with van der Waals surface area (Å²) < 4.78 is 13.1. The summed E-state index contributed by atoms with van der Waals surface area (Å²) >= 11 is 0. The zero-order valence-electron chi connectivity index (χ0n) is 13.4. The number of hydrogen-bond donors (Lipinski definition) is 1. The van der Waals surface area contributed by atoms with E-state index in [1.165, 1.54) is 24.3 Å². The average molecular weight is 345 g/mol. The molecule has 4 rings (SSSR count). The van der Waals surface area contributed by atoms with E-state index >= 15 is 0 Å². The van der Waals surface area contributed by atoms with Gasteiger partial charge in [0, 0.05) is 34.5 Å². The van der Waals surface area contributed by atoms with Crippen LogP contribution in [-0.2, 0) is 0 Å². The first-order chi connectivity index (χ1) is 12.7. The summed E-state index contributed by atoms with van der Waals surface area (Å²) in [5.74, 6) is -0.552. The summed E-state index contributed by atoms with van der Waals surface area (Å²) in [6.07, 6.45) is 3.26. The predicted molar refractivity (Wildman–Crippen MR) is 96.8 cm³/mol. The topological polar surface area (TPSA) is 75.2 Å². The molecule has 126 valence electrons. The molecule has 26 heavy (non-hydrogen) atoms. The number of pyridine rings is 1. The second-order valence-corrected chi connectivity index (χ2v) is 5.80. The van der Waals surface area contributed by atoms with Crippen LogP contribution in [0.4, 0.5) is 10.1 Å². The minimum Gasteiger partial charge on any atom is -0.345 e. The maximum Gasteiger partial charge on any atom is 0.195 e. The van der Waals surface area contributed by atoms with Gasteiger partial charge in [-0.15, -0.1) is 4.91 Å². The molecule has 1 N–H and O–H groups in total. The minimum absolute atomic E-state index is 0.195. The minimum atomic E-state index is -0.316. The Balaban J connectivity index is 1.80. The van der Waals surface area contributed by atoms with E-state index in [1.54, 1.807) is 36.7 Å². The number of nitrogens with zero attached hydrogens (tertiary/aromatic N) is 2. The van der Waals surface area contributed by atoms with Gasteiger partial charge in [-0.3, -0.25) is 4.79 Å². The molecule has 0 fully saturated rings. The van der Waals surface area contributed by atoms with Crippen LogP contribution in [0.3, 0.4) is 0 Å². The normalized spacial score (nSPS) is 10.8. The summed E-state index contributed by atoms with van der Waals surface area (Å²) in [5, 5.41) is 3.52. The number of nitrogens with one attached hydrogen (secondary N) is 1. The van der Waals surface area contributed by atoms with Crippen LogP contribution in [0.2, 0.25) is 0 Å². The Morgan fingerprint density at radius 2 is 1.85 bits per heavy atom. The van der Waals surface area contributed by atoms with E-state index in [0.29, 0.717) is 22.2 Å². The summed E-state index contributed by atoms with van der Waals surface area (Å²) in [4.78, 5) is 30.9. The number of aromatic amines is 1. The molecule has 0 bridgehead atoms. The second-order valence-electron chi connectivity index (χ2n) is 5.80. The number of ketones is 1. The number of carbonyl (C=O) groups is 1. The van der Waals surface area contributed by atoms with Crippen LogP contribution < -0.4 is 0 Å². The zero-order valence-corrected chi connectivity index (χ0v) is 13.4. The quantitative estimate of drug-likeness (QED) is 0.418. The molecule has 5 nitrogen and oxygen atoms in total. The third-order valence-electron chi connectivity index (χ3n) is 4.17. The van der Waals surface area contributed by atoms with Gasteiger partial charge in [-0.2, -0.15) is 0 Å². The van der Waals surface area contributed by atoms with Crippen molar-refractivity contribution in [3.63, 3.8) is 0 Å². The van der Waals surface area contributed by atoms with Crippen molar-refractivity contribution in [2.45, 2.75) is 0 Å². The first-order valence-corrected chi connectivity index (χ1v) is 7.87. The van der Waals surface area contributed by atoms with E-state index in [4.69, 9.17) is 0 Å². The van der Waals surface area contributed by atoms with Crippen molar-refractivity contribution in [2.24, 2.45) is 5.18 Å². The van der Waals surface area contributed by atoms with E-state index in [2.05, 4.69) is 15.1 Å². The van der Waals surface area contributed by atoms with Crippen LogP contribution >= 0.6 is 0 Å². The van der Waals surface area contributed by atoms with Gasteiger partial charge < -0.3 is 4.98 Å². The third-order valence-corrected chi connectivity index (χ3v) is 4.17. The number of H-pyrrole nitrogens is 1. The van der Waals surface area contributed by atoms with E-state index in [1.807, 2.05) is 6.07 Å². The molecule has 0 amide bonds. The van der Waals surface area contributed by atoms with Crippen molar-refractivity contribution in [1.29, 1.82) is 0 Å². The Hall–Kier alpha value is -3.67. The van der Waals surface area contributed by atoms with Gasteiger partial charge in [-0.1, -0.05) is 24.3 Å². The smallest absolute Gasteiger partial charge is 0.195 e. The molecule has 2 aromatic heterocycles. The van der Waals surface area contributed by atoms with Crippen LogP contribution in [0.15, 0.2) is 72.2 Å². The highest BCUT2D eigenvalue weighted by Crippen LogP contribution is 2.27. The molecule has 0 spiro atoms. The van der Waals surface area contributed by atoms with Crippen molar-refractivity contribution in [3.8, 4) is 11.1 Å². The van der Waals surface area contributed by atoms with Gasteiger partial charge in [0.1, 0.15) is 17.2 Å². The Bertz CT molecular complexity index is 1130. The average Bonchev–Trinajstić information content (AvgIpc) is 3.11. The Morgan fingerprint density at radius 3 is 2.62 bits per heavy atom. The molecule has 0 radical (unpaired) electrons. The molecule has 0 atom stereocenters. The highest BCUT2D eigenvalue weighted by atomic mass is 19.1. The SMILES string of the molecule is O=Nc1cccc(C(=O)c2c[nH]c3ncc(-c4ccc(F)cc4)cc23)c1. The number of halogens is 1. The number of benzene rings is 2. The van der Waals surface area contributed by atoms with Crippen molar-refractivity contribution in [2.75, 3.05) is 0 Å². The molecule has 0 aliphatic heterocycles. The van der Waals surface area contributed by atoms with Crippen molar-refractivity contribution in [3.05, 3.63) is 88.8 Å². The van der Waals surface area contributed by atoms with Crippen LogP contribution in [0.5, 0.6) is 0 Å². The number of hydrogen-bond acceptors (Lipinski definition) is 4. The Morgan fingerprint density at radius 1 is 1.04 bits per heavy atom. The lowest BCUT2D eigenvalue weighted by Gasteiger charge is -2.03. The first-order valence-electron chi connectivity index (χ1n) is 7.87. The van der Waals surface area contributed by atoms with Crippen molar-refractivity contribution < 1.29 is 9.18 Å². The van der Waals surface area contributed by atoms with Crippen molar-refractivity contribution in [1.82, 2.24) is 9.97 Å². The van der Waals surface area contributed by atoms with Crippen LogP contribution in [-0.4, -0.2) is 15.8 Å². The van der Waals surface area contributed by atoms with E-state index in [0.717, 1.165) is 11.1 Å². The maximum absolute atomic E-state index is 13.1. The Labute approximate surface area is 147 Å². The number of nitroso groups, excluding NO2 is 1. The first kappa shape index (κ1) is 15.8. The van der Waals surface area contributed by atoms with Crippen LogP contribution in [0.1, 0.15) is 15.9 Å². The second kappa shape index (κ2) is 6.33.